The Morgan fingerprint density at radius 3 is 2.84 bits per heavy atom. The second kappa shape index (κ2) is 7.10. The minimum Gasteiger partial charge on any atom is -0.460 e. The van der Waals surface area contributed by atoms with Crippen LogP contribution in [0.2, 0.25) is 0 Å². The number of nitro groups is 1. The van der Waals surface area contributed by atoms with E-state index in [9.17, 15) is 14.9 Å². The number of benzene rings is 1. The van der Waals surface area contributed by atoms with Crippen molar-refractivity contribution < 1.29 is 14.1 Å². The number of carbonyl (C=O) groups excluding carboxylic acids is 1. The predicted octanol–water partition coefficient (Wildman–Crippen LogP) is 4.27. The van der Waals surface area contributed by atoms with E-state index in [2.05, 4.69) is 10.3 Å². The minimum absolute atomic E-state index is 0.0590. The molecule has 8 heteroatoms. The molecular weight excluding hydrogens is 342 g/mol. The van der Waals surface area contributed by atoms with E-state index in [1.807, 2.05) is 19.1 Å². The van der Waals surface area contributed by atoms with Gasteiger partial charge in [-0.3, -0.25) is 20.2 Å². The largest absolute Gasteiger partial charge is 0.460 e. The number of nitrogens with zero attached hydrogens (tertiary/aromatic N) is 2. The van der Waals surface area contributed by atoms with Crippen LogP contribution >= 0.6 is 11.3 Å². The average Bonchev–Trinajstić information content (AvgIpc) is 3.22. The first-order valence-corrected chi connectivity index (χ1v) is 8.16. The third-order valence-corrected chi connectivity index (χ3v) is 4.03. The first-order chi connectivity index (χ1) is 12.0. The minimum atomic E-state index is -0.490. The normalized spacial score (nSPS) is 10.9. The molecule has 0 fully saturated rings. The molecule has 0 aliphatic carbocycles. The van der Waals surface area contributed by atoms with Crippen LogP contribution in [0.3, 0.4) is 0 Å². The molecule has 0 bridgehead atoms. The van der Waals surface area contributed by atoms with Crippen LogP contribution in [0.4, 0.5) is 10.8 Å². The van der Waals surface area contributed by atoms with E-state index in [1.165, 1.54) is 29.6 Å². The Morgan fingerprint density at radius 2 is 2.12 bits per heavy atom. The number of thiazole rings is 1. The van der Waals surface area contributed by atoms with E-state index >= 15 is 0 Å². The molecular formula is C17H13N3O4S. The number of anilines is 1. The van der Waals surface area contributed by atoms with Gasteiger partial charge in [-0.1, -0.05) is 12.1 Å². The van der Waals surface area contributed by atoms with Gasteiger partial charge in [0.1, 0.15) is 11.5 Å². The molecule has 3 aromatic rings. The van der Waals surface area contributed by atoms with E-state index in [0.717, 1.165) is 5.76 Å². The van der Waals surface area contributed by atoms with E-state index < -0.39 is 10.8 Å². The van der Waals surface area contributed by atoms with Crippen LogP contribution in [0.1, 0.15) is 11.3 Å². The monoisotopic (exact) mass is 355 g/mol. The molecule has 0 atom stereocenters. The number of rotatable bonds is 5. The van der Waals surface area contributed by atoms with Crippen LogP contribution in [0.25, 0.3) is 17.5 Å². The van der Waals surface area contributed by atoms with Crippen molar-refractivity contribution in [3.63, 3.8) is 0 Å². The molecule has 1 amide bonds. The molecule has 0 aliphatic heterocycles. The molecule has 2 heterocycles. The van der Waals surface area contributed by atoms with Crippen molar-refractivity contribution in [1.82, 2.24) is 4.98 Å². The second-order valence-electron chi connectivity index (χ2n) is 5.09. The van der Waals surface area contributed by atoms with Crippen LogP contribution < -0.4 is 5.32 Å². The van der Waals surface area contributed by atoms with E-state index in [0.29, 0.717) is 22.1 Å². The average molecular weight is 355 g/mol. The van der Waals surface area contributed by atoms with Gasteiger partial charge in [-0.2, -0.15) is 0 Å². The molecule has 1 N–H and O–H groups in total. The van der Waals surface area contributed by atoms with E-state index in [-0.39, 0.29) is 5.69 Å². The zero-order chi connectivity index (χ0) is 17.8. The van der Waals surface area contributed by atoms with Crippen LogP contribution in [-0.2, 0) is 4.79 Å². The second-order valence-corrected chi connectivity index (χ2v) is 5.94. The first-order valence-electron chi connectivity index (χ1n) is 7.28. The van der Waals surface area contributed by atoms with Gasteiger partial charge in [-0.25, -0.2) is 4.98 Å². The Kier molecular flexibility index (Phi) is 4.71. The fraction of sp³-hybridized carbons (Fsp3) is 0.0588. The molecule has 1 aromatic carbocycles. The third kappa shape index (κ3) is 3.99. The lowest BCUT2D eigenvalue weighted by molar-refractivity contribution is -0.385. The standard InChI is InChI=1S/C17H13N3O4S/c1-11-6-8-15(24-11)13-10-25-17(18-13)19-16(21)9-7-12-4-2-3-5-14(12)20(22)23/h2-10H,1H3,(H,18,19,21). The number of aryl methyl sites for hydroxylation is 1. The summed E-state index contributed by atoms with van der Waals surface area (Å²) in [6, 6.07) is 9.84. The number of nitro benzene ring substituents is 1. The molecule has 25 heavy (non-hydrogen) atoms. The number of aromatic nitrogens is 1. The highest BCUT2D eigenvalue weighted by atomic mass is 32.1. The van der Waals surface area contributed by atoms with Gasteiger partial charge in [-0.05, 0) is 31.2 Å². The topological polar surface area (TPSA) is 98.3 Å². The third-order valence-electron chi connectivity index (χ3n) is 3.27. The van der Waals surface area contributed by atoms with Crippen LogP contribution in [0, 0.1) is 17.0 Å². The summed E-state index contributed by atoms with van der Waals surface area (Å²) >= 11 is 1.27. The Balaban J connectivity index is 1.69. The number of para-hydroxylation sites is 1. The number of furan rings is 1. The summed E-state index contributed by atoms with van der Waals surface area (Å²) in [6.45, 7) is 1.84. The lowest BCUT2D eigenvalue weighted by atomic mass is 10.1. The Morgan fingerprint density at radius 1 is 1.32 bits per heavy atom. The van der Waals surface area contributed by atoms with Crippen LogP contribution in [-0.4, -0.2) is 15.8 Å². The number of hydrogen-bond acceptors (Lipinski definition) is 6. The van der Waals surface area contributed by atoms with Crippen LogP contribution in [0.5, 0.6) is 0 Å². The smallest absolute Gasteiger partial charge is 0.276 e. The Bertz CT molecular complexity index is 958. The first kappa shape index (κ1) is 16.6. The van der Waals surface area contributed by atoms with E-state index in [1.54, 1.807) is 23.6 Å². The summed E-state index contributed by atoms with van der Waals surface area (Å²) in [4.78, 5) is 26.7. The Hall–Kier alpha value is -3.26. The van der Waals surface area contributed by atoms with Gasteiger partial charge >= 0.3 is 0 Å². The molecule has 0 saturated carbocycles. The summed E-state index contributed by atoms with van der Waals surface area (Å²) < 4.78 is 5.48. The number of nitrogens with one attached hydrogen (secondary N) is 1. The van der Waals surface area contributed by atoms with Gasteiger partial charge in [-0.15, -0.1) is 11.3 Å². The van der Waals surface area contributed by atoms with Gasteiger partial charge in [0.25, 0.3) is 5.69 Å². The van der Waals surface area contributed by atoms with Crippen molar-refractivity contribution in [1.29, 1.82) is 0 Å². The van der Waals surface area contributed by atoms with Gasteiger partial charge in [0.2, 0.25) is 5.91 Å². The highest BCUT2D eigenvalue weighted by molar-refractivity contribution is 7.14. The summed E-state index contributed by atoms with van der Waals surface area (Å²) in [5.74, 6) is 0.986. The maximum atomic E-state index is 12.0. The van der Waals surface area contributed by atoms with Crippen molar-refractivity contribution >= 4 is 34.1 Å². The molecule has 7 nitrogen and oxygen atoms in total. The van der Waals surface area contributed by atoms with Crippen molar-refractivity contribution in [3.05, 3.63) is 69.3 Å². The van der Waals surface area contributed by atoms with Gasteiger partial charge in [0.05, 0.1) is 10.5 Å². The molecule has 0 aliphatic rings. The highest BCUT2D eigenvalue weighted by Crippen LogP contribution is 2.26. The number of hydrogen-bond donors (Lipinski definition) is 1. The summed E-state index contributed by atoms with van der Waals surface area (Å²) in [5, 5.41) is 15.8. The SMILES string of the molecule is Cc1ccc(-c2csc(NC(=O)C=Cc3ccccc3[N+](=O)[O-])n2)o1. The van der Waals surface area contributed by atoms with Crippen molar-refractivity contribution in [2.45, 2.75) is 6.92 Å². The fourth-order valence-electron chi connectivity index (χ4n) is 2.12. The fourth-order valence-corrected chi connectivity index (χ4v) is 2.83. The van der Waals surface area contributed by atoms with E-state index in [4.69, 9.17) is 4.42 Å². The Labute approximate surface area is 146 Å². The lowest BCUT2D eigenvalue weighted by Gasteiger charge is -1.97. The summed E-state index contributed by atoms with van der Waals surface area (Å²) in [6.07, 6.45) is 2.64. The van der Waals surface area contributed by atoms with Gasteiger partial charge in [0.15, 0.2) is 10.9 Å². The zero-order valence-electron chi connectivity index (χ0n) is 13.1. The maximum Gasteiger partial charge on any atom is 0.276 e. The van der Waals surface area contributed by atoms with Gasteiger partial charge < -0.3 is 4.42 Å². The molecule has 0 radical (unpaired) electrons. The molecule has 2 aromatic heterocycles. The summed E-state index contributed by atoms with van der Waals surface area (Å²) in [7, 11) is 0. The predicted molar refractivity (Wildman–Crippen MR) is 95.3 cm³/mol. The van der Waals surface area contributed by atoms with Crippen molar-refractivity contribution in [2.24, 2.45) is 0 Å². The maximum absolute atomic E-state index is 12.0. The molecule has 0 unspecified atom stereocenters. The molecule has 126 valence electrons. The number of amides is 1. The lowest BCUT2D eigenvalue weighted by Crippen LogP contribution is -2.07. The molecule has 0 spiro atoms. The van der Waals surface area contributed by atoms with Crippen LogP contribution in [0.15, 0.2) is 52.3 Å². The summed E-state index contributed by atoms with van der Waals surface area (Å²) in [5.41, 5.74) is 0.931. The number of carbonyl (C=O) groups is 1. The zero-order valence-corrected chi connectivity index (χ0v) is 13.9. The molecule has 3 rings (SSSR count). The molecule has 0 saturated heterocycles. The quantitative estimate of drug-likeness (QED) is 0.418. The van der Waals surface area contributed by atoms with Crippen molar-refractivity contribution in [2.75, 3.05) is 5.32 Å². The van der Waals surface area contributed by atoms with Gasteiger partial charge in [0, 0.05) is 17.5 Å². The van der Waals surface area contributed by atoms with Crippen molar-refractivity contribution in [3.8, 4) is 11.5 Å². The highest BCUT2D eigenvalue weighted by Gasteiger charge is 2.11.